The van der Waals surface area contributed by atoms with E-state index < -0.39 is 77.3 Å². The zero-order valence-corrected chi connectivity index (χ0v) is 40.2. The van der Waals surface area contributed by atoms with E-state index in [-0.39, 0.29) is 50.7 Å². The van der Waals surface area contributed by atoms with Crippen molar-refractivity contribution in [1.29, 1.82) is 0 Å². The molecule has 1 saturated carbocycles. The molecule has 1 aliphatic carbocycles. The van der Waals surface area contributed by atoms with Crippen LogP contribution in [0.1, 0.15) is 108 Å². The number of aliphatic hydroxyl groups is 2. The van der Waals surface area contributed by atoms with Crippen LogP contribution in [0, 0.1) is 30.6 Å². The number of nitrogens with one attached hydrogen (secondary N) is 2. The van der Waals surface area contributed by atoms with Crippen LogP contribution in [0.25, 0.3) is 10.8 Å². The molecule has 2 aromatic rings. The number of nitrogens with zero attached hydrogens (tertiary/aromatic N) is 3. The number of amides is 1. The number of aliphatic hydroxyl groups excluding tert-OH is 2. The number of hydrogen-bond donors (Lipinski definition) is 6. The number of piperazine rings is 1. The summed E-state index contributed by atoms with van der Waals surface area (Å²) >= 11 is 0. The van der Waals surface area contributed by atoms with Gasteiger partial charge in [0.1, 0.15) is 23.4 Å². The van der Waals surface area contributed by atoms with Gasteiger partial charge in [0.15, 0.2) is 0 Å². The lowest BCUT2D eigenvalue weighted by atomic mass is 9.78. The molecule has 2 fully saturated rings. The number of Topliss-reactive ketones (excluding diaryl/α,β-unsaturated/α-hetero) is 1. The number of benzene rings is 2. The van der Waals surface area contributed by atoms with E-state index in [1.807, 2.05) is 12.1 Å². The number of anilines is 2. The van der Waals surface area contributed by atoms with Gasteiger partial charge < -0.3 is 54.9 Å². The van der Waals surface area contributed by atoms with Gasteiger partial charge in [-0.05, 0) is 39.8 Å². The molecule has 2 aromatic carbocycles. The van der Waals surface area contributed by atoms with Crippen molar-refractivity contribution < 1.29 is 53.8 Å². The number of aromatic hydroxyl groups is 2. The van der Waals surface area contributed by atoms with Crippen LogP contribution < -0.4 is 15.4 Å². The van der Waals surface area contributed by atoms with Gasteiger partial charge >= 0.3 is 11.8 Å². The second-order valence-electron chi connectivity index (χ2n) is 19.0. The molecule has 4 aliphatic heterocycles. The van der Waals surface area contributed by atoms with Crippen LogP contribution in [-0.2, 0) is 23.8 Å². The number of phenolic OH excluding ortho intramolecular Hbond substituents is 2. The van der Waals surface area contributed by atoms with E-state index >= 15 is 0 Å². The molecular weight excluding hydrogens is 847 g/mol. The van der Waals surface area contributed by atoms with Crippen molar-refractivity contribution in [2.24, 2.45) is 28.8 Å². The fraction of sp³-hybridized carbons (Fsp3) is 0.600. The van der Waals surface area contributed by atoms with Crippen molar-refractivity contribution in [1.82, 2.24) is 9.91 Å². The van der Waals surface area contributed by atoms with Crippen LogP contribution >= 0.6 is 0 Å². The second-order valence-corrected chi connectivity index (χ2v) is 19.0. The maximum atomic E-state index is 14.9. The number of ether oxygens (including phenoxy) is 4. The molecule has 0 spiro atoms. The van der Waals surface area contributed by atoms with E-state index in [0.717, 1.165) is 51.6 Å². The van der Waals surface area contributed by atoms with Crippen LogP contribution in [-0.4, -0.2) is 131 Å². The van der Waals surface area contributed by atoms with E-state index in [1.165, 1.54) is 33.4 Å². The van der Waals surface area contributed by atoms with Gasteiger partial charge in [0.25, 0.3) is 11.7 Å². The number of likely N-dealkylation sites (N-methyl/N-ethyl adjacent to an activating group) is 1. The van der Waals surface area contributed by atoms with E-state index in [4.69, 9.17) is 24.0 Å². The van der Waals surface area contributed by atoms with Crippen LogP contribution in [0.2, 0.25) is 0 Å². The maximum absolute atomic E-state index is 14.9. The number of allylic oxidation sites excluding steroid dienone is 2. The molecule has 5 aliphatic rings. The summed E-state index contributed by atoms with van der Waals surface area (Å²) in [6, 6.07) is -0.00214. The van der Waals surface area contributed by atoms with Crippen molar-refractivity contribution in [2.45, 2.75) is 130 Å². The number of carbonyl (C=O) groups excluding carboxylic acids is 3. The summed E-state index contributed by atoms with van der Waals surface area (Å²) in [5, 5.41) is 61.5. The molecule has 1 amide bonds. The lowest BCUT2D eigenvalue weighted by Crippen LogP contribution is -2.46. The minimum absolute atomic E-state index is 0.00214. The number of esters is 1. The zero-order chi connectivity index (χ0) is 48.2. The Morgan fingerprint density at radius 3 is 2.24 bits per heavy atom. The first kappa shape index (κ1) is 50.3. The second kappa shape index (κ2) is 21.2. The van der Waals surface area contributed by atoms with Crippen molar-refractivity contribution in [3.8, 4) is 17.2 Å². The predicted molar refractivity (Wildman–Crippen MR) is 254 cm³/mol. The van der Waals surface area contributed by atoms with Crippen LogP contribution in [0.3, 0.4) is 0 Å². The van der Waals surface area contributed by atoms with Crippen molar-refractivity contribution in [3.63, 3.8) is 0 Å². The lowest BCUT2D eigenvalue weighted by Gasteiger charge is -2.38. The number of rotatable bonds is 6. The predicted octanol–water partition coefficient (Wildman–Crippen LogP) is 6.76. The van der Waals surface area contributed by atoms with Gasteiger partial charge in [-0.3, -0.25) is 19.4 Å². The number of phenols is 2. The summed E-state index contributed by atoms with van der Waals surface area (Å²) in [4.78, 5) is 43.7. The molecule has 4 heterocycles. The first-order valence-electron chi connectivity index (χ1n) is 23.4. The lowest BCUT2D eigenvalue weighted by molar-refractivity contribution is -0.160. The van der Waals surface area contributed by atoms with Gasteiger partial charge in [0.05, 0.1) is 58.7 Å². The highest BCUT2D eigenvalue weighted by atomic mass is 16.7. The highest BCUT2D eigenvalue weighted by molar-refractivity contribution is 6.25. The van der Waals surface area contributed by atoms with Gasteiger partial charge in [-0.15, -0.1) is 0 Å². The van der Waals surface area contributed by atoms with Gasteiger partial charge in [-0.1, -0.05) is 71.6 Å². The molecule has 362 valence electrons. The largest absolute Gasteiger partial charge is 0.507 e. The van der Waals surface area contributed by atoms with Gasteiger partial charge in [-0.2, -0.15) is 5.10 Å². The Morgan fingerprint density at radius 1 is 0.939 bits per heavy atom. The number of hydrazone groups is 1. The SMILES string of the molecule is CO[C@H]1/C=C/O[C@@]2(C)Oc3c(C)c(NC4CCCCCC4)c4c(O)c(c(/C=N/N5CCN(C)CC5)c(O)c4c3C2=O)NC(=O)/C(C)=C\C=C\[C@H](C)[C@H](O)[C@@H](C)[C@@H](O)[C@@H](C)[C@H](OC(C)=O)[C@@H]1C. The number of methoxy groups -OCH3 is 1. The molecule has 16 heteroatoms. The Bertz CT molecular complexity index is 2240. The topological polar surface area (TPSA) is 212 Å². The van der Waals surface area contributed by atoms with Crippen LogP contribution in [0.15, 0.2) is 41.2 Å². The minimum Gasteiger partial charge on any atom is -0.507 e. The Kier molecular flexibility index (Phi) is 16.1. The summed E-state index contributed by atoms with van der Waals surface area (Å²) < 4.78 is 24.4. The molecular formula is C50H71N5O11. The molecule has 9 atom stereocenters. The average molecular weight is 918 g/mol. The zero-order valence-electron chi connectivity index (χ0n) is 40.2. The standard InChI is InChI=1S/C50H71N5O11/c1-27-16-15-17-28(2)49(62)53-41-35(26-51-55-23-21-54(9)22-24-55)44(59)37-38(45(41)60)40(52-34-18-13-11-12-14-19-34)30(4)47-39(37)48(61)50(8,66-47)64-25-20-36(63-10)29(3)46(65-33(7)56)32(6)43(58)31(5)42(27)57/h15-17,20,25-27,29,31-32,34,36,42-43,46,52,57-60H,11-14,18-19,21-24H2,1-10H3,(H,53,62)/b16-15+,25-20+,28-17-,51-26+/t27-,29+,31+,32+,36-,42-,43+,46+,50-/m0/s1. The smallest absolute Gasteiger partial charge is 0.312 e. The fourth-order valence-corrected chi connectivity index (χ4v) is 9.75. The highest BCUT2D eigenvalue weighted by Gasteiger charge is 2.50. The van der Waals surface area contributed by atoms with Crippen molar-refractivity contribution in [2.75, 3.05) is 51.0 Å². The van der Waals surface area contributed by atoms with E-state index in [9.17, 15) is 34.8 Å². The normalized spacial score (nSPS) is 31.8. The van der Waals surface area contributed by atoms with Crippen molar-refractivity contribution in [3.05, 3.63) is 52.8 Å². The first-order chi connectivity index (χ1) is 31.3. The van der Waals surface area contributed by atoms with Gasteiger partial charge in [0.2, 0.25) is 0 Å². The molecule has 0 aromatic heterocycles. The number of ketones is 1. The molecule has 0 unspecified atom stereocenters. The van der Waals surface area contributed by atoms with Gasteiger partial charge in [-0.25, -0.2) is 0 Å². The summed E-state index contributed by atoms with van der Waals surface area (Å²) in [6.07, 6.45) is 11.3. The highest BCUT2D eigenvalue weighted by Crippen LogP contribution is 2.55. The summed E-state index contributed by atoms with van der Waals surface area (Å²) in [5.41, 5.74) is 1.05. The molecule has 6 N–H and O–H groups in total. The third-order valence-corrected chi connectivity index (χ3v) is 14.1. The maximum Gasteiger partial charge on any atom is 0.312 e. The van der Waals surface area contributed by atoms with Gasteiger partial charge in [0, 0.05) is 93.4 Å². The van der Waals surface area contributed by atoms with Crippen LogP contribution in [0.5, 0.6) is 17.2 Å². The average Bonchev–Trinajstić information content (AvgIpc) is 3.40. The third-order valence-electron chi connectivity index (χ3n) is 14.1. The Labute approximate surface area is 388 Å². The quantitative estimate of drug-likeness (QED) is 0.0581. The monoisotopic (exact) mass is 918 g/mol. The molecule has 16 nitrogen and oxygen atoms in total. The number of carbonyl (C=O) groups is 3. The molecule has 66 heavy (non-hydrogen) atoms. The van der Waals surface area contributed by atoms with Crippen molar-refractivity contribution >= 4 is 46.0 Å². The van der Waals surface area contributed by atoms with E-state index in [0.29, 0.717) is 24.3 Å². The first-order valence-corrected chi connectivity index (χ1v) is 23.4. The Morgan fingerprint density at radius 2 is 1.61 bits per heavy atom. The third kappa shape index (κ3) is 10.5. The molecule has 0 radical (unpaired) electrons. The molecule has 7 rings (SSSR count). The molecule has 5 bridgehead atoms. The number of fused-ring (bicyclic) bond motifs is 14. The Hall–Kier alpha value is -5.16. The van der Waals surface area contributed by atoms with E-state index in [1.54, 1.807) is 65.8 Å². The summed E-state index contributed by atoms with van der Waals surface area (Å²) in [7, 11) is 3.50. The summed E-state index contributed by atoms with van der Waals surface area (Å²) in [6.45, 7) is 15.9. The Balaban J connectivity index is 1.57. The summed E-state index contributed by atoms with van der Waals surface area (Å²) in [5.74, 6) is -6.78. The fourth-order valence-electron chi connectivity index (χ4n) is 9.75. The molecule has 1 saturated heterocycles. The minimum atomic E-state index is -1.97. The number of hydrogen-bond acceptors (Lipinski definition) is 15. The van der Waals surface area contributed by atoms with E-state index in [2.05, 4.69) is 15.5 Å². The van der Waals surface area contributed by atoms with Crippen LogP contribution in [0.4, 0.5) is 11.4 Å².